The number of piperidine rings is 1. The second-order valence-electron chi connectivity index (χ2n) is 4.61. The first-order chi connectivity index (χ1) is 8.63. The fraction of sp³-hybridized carbons (Fsp3) is 0.462. The lowest BCUT2D eigenvalue weighted by atomic mass is 9.98. The third-order valence-electron chi connectivity index (χ3n) is 3.30. The molecule has 1 unspecified atom stereocenters. The number of carbonyl (C=O) groups excluding carboxylic acids is 1. The van der Waals surface area contributed by atoms with Gasteiger partial charge in [0.1, 0.15) is 17.1 Å². The van der Waals surface area contributed by atoms with Crippen molar-refractivity contribution >= 4 is 5.91 Å². The Balaban J connectivity index is 2.20. The molecule has 1 heterocycles. The topological polar surface area (TPSA) is 81.0 Å². The zero-order valence-electron chi connectivity index (χ0n) is 10.0. The molecule has 1 atom stereocenters. The third-order valence-corrected chi connectivity index (χ3v) is 3.30. The molecule has 0 radical (unpaired) electrons. The third kappa shape index (κ3) is 2.41. The molecule has 5 heteroatoms. The molecule has 0 spiro atoms. The maximum atomic E-state index is 12.2. The predicted octanol–water partition coefficient (Wildman–Crippen LogP) is 0.942. The Morgan fingerprint density at radius 3 is 2.61 bits per heavy atom. The summed E-state index contributed by atoms with van der Waals surface area (Å²) in [6, 6.07) is 4.23. The minimum Gasteiger partial charge on any atom is -0.507 e. The van der Waals surface area contributed by atoms with Crippen molar-refractivity contribution < 1.29 is 20.1 Å². The van der Waals surface area contributed by atoms with Gasteiger partial charge in [-0.1, -0.05) is 6.07 Å². The zero-order valence-corrected chi connectivity index (χ0v) is 10.0. The summed E-state index contributed by atoms with van der Waals surface area (Å²) in [5, 5.41) is 28.5. The second kappa shape index (κ2) is 5.27. The van der Waals surface area contributed by atoms with Gasteiger partial charge in [-0.05, 0) is 30.9 Å². The molecule has 0 aromatic heterocycles. The number of amides is 1. The lowest BCUT2D eigenvalue weighted by Crippen LogP contribution is -2.41. The SMILES string of the molecule is O=C(c1c(O)cccc1O)N1CCCC(CO)C1. The zero-order chi connectivity index (χ0) is 13.1. The van der Waals surface area contributed by atoms with Gasteiger partial charge in [0.25, 0.3) is 5.91 Å². The van der Waals surface area contributed by atoms with Gasteiger partial charge in [-0.25, -0.2) is 0 Å². The number of phenolic OH excluding ortho intramolecular Hbond substituents is 2. The minimum absolute atomic E-state index is 0.0521. The van der Waals surface area contributed by atoms with Crippen molar-refractivity contribution in [3.8, 4) is 11.5 Å². The van der Waals surface area contributed by atoms with E-state index < -0.39 is 0 Å². The number of aromatic hydroxyl groups is 2. The highest BCUT2D eigenvalue weighted by Crippen LogP contribution is 2.29. The van der Waals surface area contributed by atoms with Gasteiger partial charge in [0.2, 0.25) is 0 Å². The van der Waals surface area contributed by atoms with Crippen molar-refractivity contribution in [3.05, 3.63) is 23.8 Å². The van der Waals surface area contributed by atoms with Crippen molar-refractivity contribution in [3.63, 3.8) is 0 Å². The monoisotopic (exact) mass is 251 g/mol. The van der Waals surface area contributed by atoms with E-state index >= 15 is 0 Å². The molecule has 3 N–H and O–H groups in total. The lowest BCUT2D eigenvalue weighted by molar-refractivity contribution is 0.0615. The molecular formula is C13H17NO4. The maximum Gasteiger partial charge on any atom is 0.261 e. The van der Waals surface area contributed by atoms with E-state index in [1.807, 2.05) is 0 Å². The molecule has 1 aliphatic rings. The Kier molecular flexibility index (Phi) is 3.72. The number of phenols is 2. The van der Waals surface area contributed by atoms with Gasteiger partial charge < -0.3 is 20.2 Å². The van der Waals surface area contributed by atoms with Crippen LogP contribution >= 0.6 is 0 Å². The molecule has 5 nitrogen and oxygen atoms in total. The van der Waals surface area contributed by atoms with E-state index in [1.165, 1.54) is 18.2 Å². The molecule has 1 fully saturated rings. The number of benzene rings is 1. The molecule has 1 aliphatic heterocycles. The van der Waals surface area contributed by atoms with Gasteiger partial charge in [-0.2, -0.15) is 0 Å². The molecule has 0 saturated carbocycles. The van der Waals surface area contributed by atoms with Crippen LogP contribution in [0.4, 0.5) is 0 Å². The van der Waals surface area contributed by atoms with Crippen LogP contribution in [-0.2, 0) is 0 Å². The number of nitrogens with zero attached hydrogens (tertiary/aromatic N) is 1. The standard InChI is InChI=1S/C13H17NO4/c15-8-9-3-2-6-14(7-9)13(18)12-10(16)4-1-5-11(12)17/h1,4-5,9,15-17H,2-3,6-8H2. The van der Waals surface area contributed by atoms with Gasteiger partial charge in [-0.3, -0.25) is 4.79 Å². The average molecular weight is 251 g/mol. The summed E-state index contributed by atoms with van der Waals surface area (Å²) in [4.78, 5) is 13.8. The molecule has 0 bridgehead atoms. The molecule has 18 heavy (non-hydrogen) atoms. The first-order valence-electron chi connectivity index (χ1n) is 6.04. The van der Waals surface area contributed by atoms with Crippen LogP contribution in [0.3, 0.4) is 0 Å². The highest BCUT2D eigenvalue weighted by atomic mass is 16.3. The summed E-state index contributed by atoms with van der Waals surface area (Å²) in [7, 11) is 0. The fourth-order valence-corrected chi connectivity index (χ4v) is 2.30. The first kappa shape index (κ1) is 12.7. The van der Waals surface area contributed by atoms with Crippen LogP contribution in [0.15, 0.2) is 18.2 Å². The number of hydrogen-bond acceptors (Lipinski definition) is 4. The Labute approximate surface area is 105 Å². The number of hydrogen-bond donors (Lipinski definition) is 3. The van der Waals surface area contributed by atoms with Gasteiger partial charge in [0.05, 0.1) is 0 Å². The quantitative estimate of drug-likeness (QED) is 0.730. The molecule has 1 aromatic rings. The number of rotatable bonds is 2. The van der Waals surface area contributed by atoms with Crippen LogP contribution in [0, 0.1) is 5.92 Å². The summed E-state index contributed by atoms with van der Waals surface area (Å²) in [6.45, 7) is 1.10. The van der Waals surface area contributed by atoms with Crippen LogP contribution in [0.25, 0.3) is 0 Å². The number of aliphatic hydroxyl groups is 1. The van der Waals surface area contributed by atoms with Crippen molar-refractivity contribution in [1.29, 1.82) is 0 Å². The van der Waals surface area contributed by atoms with Crippen LogP contribution in [0.5, 0.6) is 11.5 Å². The Bertz CT molecular complexity index is 426. The summed E-state index contributed by atoms with van der Waals surface area (Å²) in [5.41, 5.74) is -0.0592. The van der Waals surface area contributed by atoms with Gasteiger partial charge in [0.15, 0.2) is 0 Å². The maximum absolute atomic E-state index is 12.2. The van der Waals surface area contributed by atoms with E-state index in [1.54, 1.807) is 4.90 Å². The van der Waals surface area contributed by atoms with E-state index in [4.69, 9.17) is 5.11 Å². The van der Waals surface area contributed by atoms with E-state index in [0.717, 1.165) is 12.8 Å². The van der Waals surface area contributed by atoms with Crippen LogP contribution < -0.4 is 0 Å². The fourth-order valence-electron chi connectivity index (χ4n) is 2.30. The number of carbonyl (C=O) groups is 1. The van der Waals surface area contributed by atoms with Crippen LogP contribution in [-0.4, -0.2) is 45.8 Å². The molecular weight excluding hydrogens is 234 g/mol. The predicted molar refractivity (Wildman–Crippen MR) is 65.5 cm³/mol. The molecule has 0 aliphatic carbocycles. The van der Waals surface area contributed by atoms with Crippen LogP contribution in [0.2, 0.25) is 0 Å². The molecule has 1 aromatic carbocycles. The highest BCUT2D eigenvalue weighted by Gasteiger charge is 2.27. The van der Waals surface area contributed by atoms with Gasteiger partial charge >= 0.3 is 0 Å². The summed E-state index contributed by atoms with van der Waals surface area (Å²) < 4.78 is 0. The van der Waals surface area contributed by atoms with E-state index in [0.29, 0.717) is 13.1 Å². The number of aliphatic hydroxyl groups excluding tert-OH is 1. The van der Waals surface area contributed by atoms with Crippen molar-refractivity contribution in [1.82, 2.24) is 4.90 Å². The van der Waals surface area contributed by atoms with E-state index in [9.17, 15) is 15.0 Å². The second-order valence-corrected chi connectivity index (χ2v) is 4.61. The molecule has 1 saturated heterocycles. The van der Waals surface area contributed by atoms with Crippen molar-refractivity contribution in [2.45, 2.75) is 12.8 Å². The molecule has 98 valence electrons. The highest BCUT2D eigenvalue weighted by molar-refractivity contribution is 5.99. The van der Waals surface area contributed by atoms with Crippen molar-refractivity contribution in [2.24, 2.45) is 5.92 Å². The largest absolute Gasteiger partial charge is 0.507 e. The van der Waals surface area contributed by atoms with Gasteiger partial charge in [0, 0.05) is 19.7 Å². The van der Waals surface area contributed by atoms with E-state index in [2.05, 4.69) is 0 Å². The Morgan fingerprint density at radius 1 is 1.33 bits per heavy atom. The lowest BCUT2D eigenvalue weighted by Gasteiger charge is -2.32. The molecule has 1 amide bonds. The minimum atomic E-state index is -0.385. The molecule has 2 rings (SSSR count). The first-order valence-corrected chi connectivity index (χ1v) is 6.04. The Morgan fingerprint density at radius 2 is 2.00 bits per heavy atom. The summed E-state index contributed by atoms with van der Waals surface area (Å²) in [5.74, 6) is -0.739. The summed E-state index contributed by atoms with van der Waals surface area (Å²) in [6.07, 6.45) is 1.72. The van der Waals surface area contributed by atoms with E-state index in [-0.39, 0.29) is 35.5 Å². The summed E-state index contributed by atoms with van der Waals surface area (Å²) >= 11 is 0. The van der Waals surface area contributed by atoms with Crippen LogP contribution in [0.1, 0.15) is 23.2 Å². The normalized spacial score (nSPS) is 19.8. The Hall–Kier alpha value is -1.75. The van der Waals surface area contributed by atoms with Gasteiger partial charge in [-0.15, -0.1) is 0 Å². The average Bonchev–Trinajstić information content (AvgIpc) is 2.38. The smallest absolute Gasteiger partial charge is 0.261 e. The van der Waals surface area contributed by atoms with Crippen molar-refractivity contribution in [2.75, 3.05) is 19.7 Å². The number of likely N-dealkylation sites (tertiary alicyclic amines) is 1.